The Morgan fingerprint density at radius 1 is 1.33 bits per heavy atom. The molecule has 1 rings (SSSR count). The summed E-state index contributed by atoms with van der Waals surface area (Å²) in [5.74, 6) is 1.54. The van der Waals surface area contributed by atoms with Crippen molar-refractivity contribution in [3.63, 3.8) is 0 Å². The Balaban J connectivity index is 2.67. The molecule has 0 radical (unpaired) electrons. The first kappa shape index (κ1) is 15.3. The Bertz CT molecular complexity index is 362. The lowest BCUT2D eigenvalue weighted by molar-refractivity contribution is 0.552. The molecule has 4 heteroatoms. The summed E-state index contributed by atoms with van der Waals surface area (Å²) in [5.41, 5.74) is 1.14. The first-order chi connectivity index (χ1) is 8.58. The fraction of sp³-hybridized carbons (Fsp3) is 0.643. The molecule has 0 saturated heterocycles. The summed E-state index contributed by atoms with van der Waals surface area (Å²) in [7, 11) is 0. The van der Waals surface area contributed by atoms with Gasteiger partial charge in [-0.15, -0.1) is 0 Å². The van der Waals surface area contributed by atoms with Crippen LogP contribution in [-0.4, -0.2) is 24.6 Å². The van der Waals surface area contributed by atoms with Gasteiger partial charge in [0, 0.05) is 25.8 Å². The molecule has 0 atom stereocenters. The van der Waals surface area contributed by atoms with E-state index in [2.05, 4.69) is 42.9 Å². The van der Waals surface area contributed by atoms with Crippen LogP contribution in [0, 0.1) is 5.92 Å². The largest absolute Gasteiger partial charge is 0.356 e. The molecule has 1 aromatic rings. The van der Waals surface area contributed by atoms with Crippen LogP contribution in [0.4, 0.5) is 5.82 Å². The molecule has 0 aliphatic carbocycles. The fourth-order valence-electron chi connectivity index (χ4n) is 1.83. The SMILES string of the molecule is CCN(CC)c1ncc(CNCC(C)C)cc1Cl. The van der Waals surface area contributed by atoms with Gasteiger partial charge in [0.25, 0.3) is 0 Å². The zero-order chi connectivity index (χ0) is 13.5. The molecule has 0 fully saturated rings. The highest BCUT2D eigenvalue weighted by molar-refractivity contribution is 6.33. The standard InChI is InChI=1S/C14H24ClN3/c1-5-18(6-2)14-13(15)7-12(10-17-14)9-16-8-11(3)4/h7,10-11,16H,5-6,8-9H2,1-4H3. The number of rotatable bonds is 7. The number of hydrogen-bond donors (Lipinski definition) is 1. The lowest BCUT2D eigenvalue weighted by Crippen LogP contribution is -2.24. The highest BCUT2D eigenvalue weighted by Gasteiger charge is 2.09. The summed E-state index contributed by atoms with van der Waals surface area (Å²) in [6.45, 7) is 12.3. The quantitative estimate of drug-likeness (QED) is 0.823. The summed E-state index contributed by atoms with van der Waals surface area (Å²) in [4.78, 5) is 6.63. The Hall–Kier alpha value is -0.800. The minimum atomic E-state index is 0.656. The first-order valence-corrected chi connectivity index (χ1v) is 7.06. The molecule has 1 heterocycles. The molecule has 0 aromatic carbocycles. The Morgan fingerprint density at radius 3 is 2.50 bits per heavy atom. The van der Waals surface area contributed by atoms with E-state index in [0.717, 1.165) is 42.6 Å². The van der Waals surface area contributed by atoms with Gasteiger partial charge in [-0.3, -0.25) is 0 Å². The number of anilines is 1. The molecular weight excluding hydrogens is 246 g/mol. The van der Waals surface area contributed by atoms with E-state index < -0.39 is 0 Å². The van der Waals surface area contributed by atoms with Crippen molar-refractivity contribution in [3.8, 4) is 0 Å². The summed E-state index contributed by atoms with van der Waals surface area (Å²) < 4.78 is 0. The Morgan fingerprint density at radius 2 is 2.00 bits per heavy atom. The van der Waals surface area contributed by atoms with Crippen molar-refractivity contribution < 1.29 is 0 Å². The van der Waals surface area contributed by atoms with Crippen LogP contribution < -0.4 is 10.2 Å². The number of nitrogens with one attached hydrogen (secondary N) is 1. The topological polar surface area (TPSA) is 28.2 Å². The predicted molar refractivity (Wildman–Crippen MR) is 79.4 cm³/mol. The Labute approximate surface area is 116 Å². The van der Waals surface area contributed by atoms with E-state index in [1.54, 1.807) is 0 Å². The molecule has 0 unspecified atom stereocenters. The molecule has 0 amide bonds. The molecule has 0 bridgehead atoms. The van der Waals surface area contributed by atoms with Gasteiger partial charge in [0.05, 0.1) is 5.02 Å². The van der Waals surface area contributed by atoms with E-state index >= 15 is 0 Å². The number of pyridine rings is 1. The van der Waals surface area contributed by atoms with Gasteiger partial charge in [0.2, 0.25) is 0 Å². The van der Waals surface area contributed by atoms with Crippen molar-refractivity contribution in [3.05, 3.63) is 22.8 Å². The van der Waals surface area contributed by atoms with Crippen LogP contribution in [0.5, 0.6) is 0 Å². The van der Waals surface area contributed by atoms with E-state index in [1.807, 2.05) is 12.3 Å². The van der Waals surface area contributed by atoms with Crippen molar-refractivity contribution in [2.45, 2.75) is 34.2 Å². The lowest BCUT2D eigenvalue weighted by atomic mass is 10.2. The zero-order valence-electron chi connectivity index (χ0n) is 11.8. The third-order valence-electron chi connectivity index (χ3n) is 2.82. The van der Waals surface area contributed by atoms with Crippen LogP contribution in [-0.2, 0) is 6.54 Å². The van der Waals surface area contributed by atoms with E-state index in [0.29, 0.717) is 5.92 Å². The lowest BCUT2D eigenvalue weighted by Gasteiger charge is -2.21. The van der Waals surface area contributed by atoms with Crippen molar-refractivity contribution in [2.75, 3.05) is 24.5 Å². The molecular formula is C14H24ClN3. The van der Waals surface area contributed by atoms with Crippen molar-refractivity contribution in [2.24, 2.45) is 5.92 Å². The molecule has 0 saturated carbocycles. The molecule has 102 valence electrons. The second-order valence-electron chi connectivity index (χ2n) is 4.85. The van der Waals surface area contributed by atoms with Crippen LogP contribution in [0.25, 0.3) is 0 Å². The predicted octanol–water partition coefficient (Wildman–Crippen LogP) is 3.33. The maximum Gasteiger partial charge on any atom is 0.147 e. The average Bonchev–Trinajstić information content (AvgIpc) is 2.32. The molecule has 0 aliphatic heterocycles. The van der Waals surface area contributed by atoms with Gasteiger partial charge in [-0.25, -0.2) is 4.98 Å². The molecule has 1 aromatic heterocycles. The molecule has 1 N–H and O–H groups in total. The van der Waals surface area contributed by atoms with Crippen LogP contribution in [0.1, 0.15) is 33.3 Å². The molecule has 3 nitrogen and oxygen atoms in total. The van der Waals surface area contributed by atoms with Crippen molar-refractivity contribution in [1.29, 1.82) is 0 Å². The van der Waals surface area contributed by atoms with Crippen LogP contribution >= 0.6 is 11.6 Å². The summed E-state index contributed by atoms with van der Waals surface area (Å²) in [5, 5.41) is 4.13. The third-order valence-corrected chi connectivity index (χ3v) is 3.10. The highest BCUT2D eigenvalue weighted by Crippen LogP contribution is 2.23. The van der Waals surface area contributed by atoms with Gasteiger partial charge in [0.1, 0.15) is 5.82 Å². The normalized spacial score (nSPS) is 11.0. The summed E-state index contributed by atoms with van der Waals surface area (Å²) in [6.07, 6.45) is 1.91. The monoisotopic (exact) mass is 269 g/mol. The third kappa shape index (κ3) is 4.46. The van der Waals surface area contributed by atoms with Crippen LogP contribution in [0.3, 0.4) is 0 Å². The van der Waals surface area contributed by atoms with Crippen LogP contribution in [0.15, 0.2) is 12.3 Å². The second kappa shape index (κ2) is 7.59. The maximum absolute atomic E-state index is 6.29. The number of nitrogens with zero attached hydrogens (tertiary/aromatic N) is 2. The van der Waals surface area contributed by atoms with E-state index in [4.69, 9.17) is 11.6 Å². The molecule has 18 heavy (non-hydrogen) atoms. The van der Waals surface area contributed by atoms with Crippen LogP contribution in [0.2, 0.25) is 5.02 Å². The first-order valence-electron chi connectivity index (χ1n) is 6.68. The van der Waals surface area contributed by atoms with Gasteiger partial charge in [0.15, 0.2) is 0 Å². The van der Waals surface area contributed by atoms with Crippen molar-refractivity contribution in [1.82, 2.24) is 10.3 Å². The van der Waals surface area contributed by atoms with Gasteiger partial charge in [-0.05, 0) is 37.9 Å². The fourth-order valence-corrected chi connectivity index (χ4v) is 2.14. The average molecular weight is 270 g/mol. The highest BCUT2D eigenvalue weighted by atomic mass is 35.5. The van der Waals surface area contributed by atoms with Gasteiger partial charge < -0.3 is 10.2 Å². The maximum atomic E-state index is 6.29. The van der Waals surface area contributed by atoms with Crippen molar-refractivity contribution >= 4 is 17.4 Å². The minimum absolute atomic E-state index is 0.656. The minimum Gasteiger partial charge on any atom is -0.356 e. The van der Waals surface area contributed by atoms with E-state index in [1.165, 1.54) is 0 Å². The van der Waals surface area contributed by atoms with E-state index in [-0.39, 0.29) is 0 Å². The smallest absolute Gasteiger partial charge is 0.147 e. The summed E-state index contributed by atoms with van der Waals surface area (Å²) >= 11 is 6.29. The van der Waals surface area contributed by atoms with Gasteiger partial charge in [-0.2, -0.15) is 0 Å². The molecule has 0 aliphatic rings. The second-order valence-corrected chi connectivity index (χ2v) is 5.25. The van der Waals surface area contributed by atoms with E-state index in [9.17, 15) is 0 Å². The number of halogens is 1. The number of hydrogen-bond acceptors (Lipinski definition) is 3. The van der Waals surface area contributed by atoms with Gasteiger partial charge >= 0.3 is 0 Å². The summed E-state index contributed by atoms with van der Waals surface area (Å²) in [6, 6.07) is 2.01. The number of aromatic nitrogens is 1. The van der Waals surface area contributed by atoms with Gasteiger partial charge in [-0.1, -0.05) is 25.4 Å². The molecule has 0 spiro atoms. The zero-order valence-corrected chi connectivity index (χ0v) is 12.6. The Kier molecular flexibility index (Phi) is 6.44.